The highest BCUT2D eigenvalue weighted by atomic mass is 32.2. The minimum atomic E-state index is -2.94. The van der Waals surface area contributed by atoms with Crippen molar-refractivity contribution >= 4 is 27.1 Å². The summed E-state index contributed by atoms with van der Waals surface area (Å²) in [6.07, 6.45) is 3.21. The van der Waals surface area contributed by atoms with Crippen LogP contribution in [0.2, 0.25) is 0 Å². The topological polar surface area (TPSA) is 79.8 Å². The average molecular weight is 388 g/mol. The quantitative estimate of drug-likeness (QED) is 0.743. The van der Waals surface area contributed by atoms with Gasteiger partial charge in [0.1, 0.15) is 9.84 Å². The first kappa shape index (κ1) is 18.8. The number of rotatable bonds is 5. The number of hydrogen-bond acceptors (Lipinski definition) is 7. The maximum Gasteiger partial charge on any atom is 0.225 e. The number of carbonyl (C=O) groups is 1. The minimum Gasteiger partial charge on any atom is -0.373 e. The van der Waals surface area contributed by atoms with Crippen molar-refractivity contribution in [2.45, 2.75) is 31.4 Å². The highest BCUT2D eigenvalue weighted by Gasteiger charge is 2.40. The molecule has 0 radical (unpaired) electrons. The monoisotopic (exact) mass is 387 g/mol. The Hall–Kier alpha value is -1.03. The van der Waals surface area contributed by atoms with Crippen molar-refractivity contribution in [3.05, 3.63) is 16.6 Å². The lowest BCUT2D eigenvalue weighted by Crippen LogP contribution is -2.48. The number of nitrogens with zero attached hydrogens (tertiary/aromatic N) is 3. The van der Waals surface area contributed by atoms with Gasteiger partial charge in [-0.2, -0.15) is 0 Å². The van der Waals surface area contributed by atoms with Crippen LogP contribution in [0.4, 0.5) is 0 Å². The molecule has 0 N–H and O–H groups in total. The van der Waals surface area contributed by atoms with Gasteiger partial charge in [-0.15, -0.1) is 11.3 Å². The summed E-state index contributed by atoms with van der Waals surface area (Å²) in [7, 11) is -2.94. The Morgan fingerprint density at radius 1 is 1.32 bits per heavy atom. The lowest BCUT2D eigenvalue weighted by molar-refractivity contribution is -0.136. The number of sulfone groups is 1. The SMILES string of the molecule is CS(=O)(=O)CCN1CCC2(CC1)CC(=O)N(Cc1cscn1)CCO2. The first-order chi connectivity index (χ1) is 11.9. The molecule has 0 aromatic carbocycles. The maximum absolute atomic E-state index is 12.7. The van der Waals surface area contributed by atoms with Gasteiger partial charge in [0.2, 0.25) is 5.91 Å². The fourth-order valence-electron chi connectivity index (χ4n) is 3.41. The molecule has 9 heteroatoms. The number of aromatic nitrogens is 1. The van der Waals surface area contributed by atoms with Crippen LogP contribution in [0.25, 0.3) is 0 Å². The summed E-state index contributed by atoms with van der Waals surface area (Å²) < 4.78 is 28.8. The molecule has 140 valence electrons. The van der Waals surface area contributed by atoms with Gasteiger partial charge in [0.05, 0.1) is 42.1 Å². The molecule has 3 heterocycles. The van der Waals surface area contributed by atoms with E-state index >= 15 is 0 Å². The van der Waals surface area contributed by atoms with Gasteiger partial charge in [0, 0.05) is 37.8 Å². The largest absolute Gasteiger partial charge is 0.373 e. The smallest absolute Gasteiger partial charge is 0.225 e. The summed E-state index contributed by atoms with van der Waals surface area (Å²) in [4.78, 5) is 20.9. The molecule has 1 aromatic heterocycles. The van der Waals surface area contributed by atoms with Crippen LogP contribution < -0.4 is 0 Å². The molecule has 2 aliphatic heterocycles. The molecule has 0 atom stereocenters. The van der Waals surface area contributed by atoms with Gasteiger partial charge in [-0.1, -0.05) is 0 Å². The lowest BCUT2D eigenvalue weighted by Gasteiger charge is -2.40. The normalized spacial score (nSPS) is 22.3. The predicted octanol–water partition coefficient (Wildman–Crippen LogP) is 0.771. The van der Waals surface area contributed by atoms with Crippen molar-refractivity contribution in [3.8, 4) is 0 Å². The van der Waals surface area contributed by atoms with Crippen LogP contribution in [0.1, 0.15) is 25.0 Å². The van der Waals surface area contributed by atoms with Crippen molar-refractivity contribution in [3.63, 3.8) is 0 Å². The Morgan fingerprint density at radius 3 is 2.72 bits per heavy atom. The molecule has 0 unspecified atom stereocenters. The van der Waals surface area contributed by atoms with Crippen molar-refractivity contribution < 1.29 is 17.9 Å². The summed E-state index contributed by atoms with van der Waals surface area (Å²) in [5.74, 6) is 0.302. The van der Waals surface area contributed by atoms with E-state index in [1.807, 2.05) is 10.3 Å². The summed E-state index contributed by atoms with van der Waals surface area (Å²) in [5, 5.41) is 1.97. The molecule has 1 aromatic rings. The summed E-state index contributed by atoms with van der Waals surface area (Å²) in [5.41, 5.74) is 2.31. The number of hydrogen-bond donors (Lipinski definition) is 0. The van der Waals surface area contributed by atoms with Crippen molar-refractivity contribution in [2.24, 2.45) is 0 Å². The molecule has 1 amide bonds. The zero-order valence-corrected chi connectivity index (χ0v) is 16.1. The molecule has 2 fully saturated rings. The zero-order chi connectivity index (χ0) is 17.9. The van der Waals surface area contributed by atoms with Gasteiger partial charge in [0.25, 0.3) is 0 Å². The predicted molar refractivity (Wildman–Crippen MR) is 96.2 cm³/mol. The standard InChI is InChI=1S/C16H25N3O4S2/c1-25(21,22)9-7-18-4-2-16(3-5-18)10-15(20)19(6-8-23-16)11-14-12-24-13-17-14/h12-13H,2-11H2,1H3. The molecule has 2 aliphatic rings. The highest BCUT2D eigenvalue weighted by Crippen LogP contribution is 2.32. The third kappa shape index (κ3) is 5.22. The van der Waals surface area contributed by atoms with Crippen molar-refractivity contribution in [1.82, 2.24) is 14.8 Å². The second kappa shape index (κ2) is 7.69. The summed E-state index contributed by atoms with van der Waals surface area (Å²) in [6.45, 7) is 3.78. The van der Waals surface area contributed by atoms with Crippen LogP contribution in [0.3, 0.4) is 0 Å². The first-order valence-electron chi connectivity index (χ1n) is 8.54. The minimum absolute atomic E-state index is 0.120. The van der Waals surface area contributed by atoms with E-state index in [1.54, 1.807) is 5.51 Å². The van der Waals surface area contributed by atoms with E-state index in [1.165, 1.54) is 17.6 Å². The second-order valence-corrected chi connectivity index (χ2v) is 9.95. The zero-order valence-electron chi connectivity index (χ0n) is 14.5. The molecule has 2 saturated heterocycles. The van der Waals surface area contributed by atoms with Crippen LogP contribution in [0.5, 0.6) is 0 Å². The lowest BCUT2D eigenvalue weighted by atomic mass is 9.87. The number of ether oxygens (including phenoxy) is 1. The van der Waals surface area contributed by atoms with E-state index in [2.05, 4.69) is 9.88 Å². The highest BCUT2D eigenvalue weighted by molar-refractivity contribution is 7.90. The van der Waals surface area contributed by atoms with Gasteiger partial charge < -0.3 is 14.5 Å². The van der Waals surface area contributed by atoms with Crippen LogP contribution in [0.15, 0.2) is 10.9 Å². The van der Waals surface area contributed by atoms with E-state index in [4.69, 9.17) is 4.74 Å². The molecular weight excluding hydrogens is 362 g/mol. The van der Waals surface area contributed by atoms with Crippen LogP contribution in [-0.4, -0.2) is 79.5 Å². The number of amides is 1. The molecule has 25 heavy (non-hydrogen) atoms. The second-order valence-electron chi connectivity index (χ2n) is 6.97. The Morgan fingerprint density at radius 2 is 2.08 bits per heavy atom. The van der Waals surface area contributed by atoms with Crippen LogP contribution in [-0.2, 0) is 25.9 Å². The van der Waals surface area contributed by atoms with Crippen molar-refractivity contribution in [1.29, 1.82) is 0 Å². The Labute approximate surface area is 152 Å². The van der Waals surface area contributed by atoms with Crippen molar-refractivity contribution in [2.75, 3.05) is 44.8 Å². The number of thiazole rings is 1. The van der Waals surface area contributed by atoms with E-state index in [0.29, 0.717) is 32.7 Å². The molecule has 0 aliphatic carbocycles. The van der Waals surface area contributed by atoms with Gasteiger partial charge in [-0.25, -0.2) is 13.4 Å². The number of carbonyl (C=O) groups excluding carboxylic acids is 1. The average Bonchev–Trinajstić information content (AvgIpc) is 3.00. The van der Waals surface area contributed by atoms with Gasteiger partial charge in [-0.05, 0) is 12.8 Å². The molecular formula is C16H25N3O4S2. The van der Waals surface area contributed by atoms with Gasteiger partial charge >= 0.3 is 0 Å². The first-order valence-corrected chi connectivity index (χ1v) is 11.5. The summed E-state index contributed by atoms with van der Waals surface area (Å²) >= 11 is 1.53. The molecule has 7 nitrogen and oxygen atoms in total. The van der Waals surface area contributed by atoms with Gasteiger partial charge in [-0.3, -0.25) is 4.79 Å². The molecule has 3 rings (SSSR count). The Balaban J connectivity index is 1.54. The van der Waals surface area contributed by atoms with Crippen LogP contribution in [0, 0.1) is 0 Å². The number of likely N-dealkylation sites (tertiary alicyclic amines) is 1. The third-order valence-corrected chi connectivity index (χ3v) is 6.54. The fraction of sp³-hybridized carbons (Fsp3) is 0.750. The number of piperidine rings is 1. The van der Waals surface area contributed by atoms with E-state index in [-0.39, 0.29) is 11.7 Å². The maximum atomic E-state index is 12.7. The van der Waals surface area contributed by atoms with Gasteiger partial charge in [0.15, 0.2) is 0 Å². The van der Waals surface area contributed by atoms with Crippen LogP contribution >= 0.6 is 11.3 Å². The molecule has 0 saturated carbocycles. The van der Waals surface area contributed by atoms with E-state index in [9.17, 15) is 13.2 Å². The Bertz CT molecular complexity index is 682. The van der Waals surface area contributed by atoms with E-state index < -0.39 is 15.4 Å². The third-order valence-electron chi connectivity index (χ3n) is 4.98. The molecule has 1 spiro atoms. The Kier molecular flexibility index (Phi) is 5.77. The summed E-state index contributed by atoms with van der Waals surface area (Å²) in [6, 6.07) is 0. The van der Waals surface area contributed by atoms with E-state index in [0.717, 1.165) is 31.6 Å². The fourth-order valence-corrected chi connectivity index (χ4v) is 4.55. The molecule has 0 bridgehead atoms.